The van der Waals surface area contributed by atoms with Crippen molar-refractivity contribution in [3.05, 3.63) is 77.7 Å². The summed E-state index contributed by atoms with van der Waals surface area (Å²) < 4.78 is 13.2. The lowest BCUT2D eigenvalue weighted by Gasteiger charge is -2.16. The summed E-state index contributed by atoms with van der Waals surface area (Å²) in [4.78, 5) is 4.87. The fraction of sp³-hybridized carbons (Fsp3) is 0.261. The Kier molecular flexibility index (Phi) is 6.46. The van der Waals surface area contributed by atoms with E-state index in [1.54, 1.807) is 0 Å². The van der Waals surface area contributed by atoms with Gasteiger partial charge in [-0.2, -0.15) is 0 Å². The molecule has 0 N–H and O–H groups in total. The Morgan fingerprint density at radius 2 is 1.44 bits per heavy atom. The Labute approximate surface area is 150 Å². The van der Waals surface area contributed by atoms with Gasteiger partial charge in [-0.25, -0.2) is 4.39 Å². The van der Waals surface area contributed by atoms with Crippen molar-refractivity contribution in [2.24, 2.45) is 0 Å². The first-order valence-corrected chi connectivity index (χ1v) is 8.89. The molecule has 0 fully saturated rings. The van der Waals surface area contributed by atoms with Gasteiger partial charge < -0.3 is 0 Å². The first-order valence-electron chi connectivity index (χ1n) is 8.89. The second-order valence-electron chi connectivity index (χ2n) is 6.09. The Balaban J connectivity index is 0.00000109. The van der Waals surface area contributed by atoms with E-state index in [1.165, 1.54) is 12.1 Å². The molecule has 0 spiro atoms. The molecule has 0 saturated carbocycles. The monoisotopic (exact) mass is 335 g/mol. The molecule has 0 aliphatic rings. The maximum Gasteiger partial charge on any atom is 0.123 e. The van der Waals surface area contributed by atoms with E-state index in [1.807, 2.05) is 44.2 Å². The zero-order valence-electron chi connectivity index (χ0n) is 15.7. The summed E-state index contributed by atoms with van der Waals surface area (Å²) in [7, 11) is 0. The molecule has 1 aromatic heterocycles. The van der Waals surface area contributed by atoms with Crippen LogP contribution < -0.4 is 0 Å². The van der Waals surface area contributed by atoms with Crippen LogP contribution in [0.4, 0.5) is 4.39 Å². The molecule has 2 heteroatoms. The van der Waals surface area contributed by atoms with Crippen LogP contribution in [0.25, 0.3) is 22.4 Å². The van der Waals surface area contributed by atoms with Gasteiger partial charge in [0.1, 0.15) is 5.82 Å². The van der Waals surface area contributed by atoms with E-state index in [4.69, 9.17) is 4.98 Å². The average Bonchev–Trinajstić information content (AvgIpc) is 2.65. The van der Waals surface area contributed by atoms with E-state index in [9.17, 15) is 4.39 Å². The van der Waals surface area contributed by atoms with E-state index in [0.717, 1.165) is 33.6 Å². The van der Waals surface area contributed by atoms with E-state index in [2.05, 4.69) is 39.0 Å². The number of pyridine rings is 1. The van der Waals surface area contributed by atoms with Crippen LogP contribution >= 0.6 is 0 Å². The van der Waals surface area contributed by atoms with Crippen LogP contribution in [0.1, 0.15) is 44.9 Å². The summed E-state index contributed by atoms with van der Waals surface area (Å²) in [5, 5.41) is 0. The van der Waals surface area contributed by atoms with Gasteiger partial charge in [0.05, 0.1) is 5.69 Å². The van der Waals surface area contributed by atoms with Gasteiger partial charge in [-0.3, -0.25) is 4.98 Å². The average molecular weight is 335 g/mol. The molecule has 1 nitrogen and oxygen atoms in total. The Bertz CT molecular complexity index is 806. The van der Waals surface area contributed by atoms with Gasteiger partial charge in [0.15, 0.2) is 0 Å². The number of rotatable bonds is 3. The topological polar surface area (TPSA) is 12.9 Å². The molecule has 0 aliphatic heterocycles. The summed E-state index contributed by atoms with van der Waals surface area (Å²) in [5.74, 6) is 0.116. The maximum atomic E-state index is 13.2. The zero-order valence-corrected chi connectivity index (χ0v) is 15.7. The van der Waals surface area contributed by atoms with Crippen molar-refractivity contribution < 1.29 is 4.39 Å². The van der Waals surface area contributed by atoms with Crippen LogP contribution in [-0.2, 0) is 0 Å². The highest BCUT2D eigenvalue weighted by molar-refractivity contribution is 5.74. The first-order chi connectivity index (χ1) is 12.1. The van der Waals surface area contributed by atoms with Gasteiger partial charge in [0.2, 0.25) is 0 Å². The van der Waals surface area contributed by atoms with Gasteiger partial charge in [-0.05, 0) is 47.7 Å². The van der Waals surface area contributed by atoms with Crippen LogP contribution in [0.15, 0.2) is 60.7 Å². The van der Waals surface area contributed by atoms with Crippen molar-refractivity contribution in [3.8, 4) is 22.4 Å². The molecule has 0 bridgehead atoms. The lowest BCUT2D eigenvalue weighted by Crippen LogP contribution is -2.01. The number of hydrogen-bond donors (Lipinski definition) is 0. The molecule has 3 rings (SSSR count). The summed E-state index contributed by atoms with van der Waals surface area (Å²) in [5.41, 5.74) is 6.43. The van der Waals surface area contributed by atoms with Gasteiger partial charge in [-0.15, -0.1) is 0 Å². The minimum Gasteiger partial charge on any atom is -0.252 e. The minimum absolute atomic E-state index is 0.215. The lowest BCUT2D eigenvalue weighted by molar-refractivity contribution is 0.628. The van der Waals surface area contributed by atoms with Crippen molar-refractivity contribution in [2.45, 2.75) is 40.5 Å². The minimum atomic E-state index is -0.215. The second-order valence-corrected chi connectivity index (χ2v) is 6.09. The fourth-order valence-corrected chi connectivity index (χ4v) is 2.88. The predicted molar refractivity (Wildman–Crippen MR) is 105 cm³/mol. The molecule has 130 valence electrons. The molecule has 0 radical (unpaired) electrons. The van der Waals surface area contributed by atoms with E-state index in [-0.39, 0.29) is 5.82 Å². The van der Waals surface area contributed by atoms with Gasteiger partial charge in [0, 0.05) is 11.3 Å². The highest BCUT2D eigenvalue weighted by Crippen LogP contribution is 2.32. The molecular weight excluding hydrogens is 309 g/mol. The molecule has 0 amide bonds. The molecule has 0 unspecified atom stereocenters. The Morgan fingerprint density at radius 1 is 0.840 bits per heavy atom. The highest BCUT2D eigenvalue weighted by atomic mass is 19.1. The molecule has 0 atom stereocenters. The van der Waals surface area contributed by atoms with Crippen molar-refractivity contribution >= 4 is 0 Å². The fourth-order valence-electron chi connectivity index (χ4n) is 2.88. The van der Waals surface area contributed by atoms with Crippen LogP contribution in [0.2, 0.25) is 0 Å². The zero-order chi connectivity index (χ0) is 18.4. The molecular formula is C23H26FN. The molecule has 0 saturated heterocycles. The van der Waals surface area contributed by atoms with Crippen LogP contribution in [0.5, 0.6) is 0 Å². The van der Waals surface area contributed by atoms with Crippen LogP contribution in [-0.4, -0.2) is 4.98 Å². The van der Waals surface area contributed by atoms with Crippen LogP contribution in [0.3, 0.4) is 0 Å². The molecule has 25 heavy (non-hydrogen) atoms. The molecule has 3 aromatic rings. The van der Waals surface area contributed by atoms with Crippen LogP contribution in [0, 0.1) is 12.7 Å². The summed E-state index contributed by atoms with van der Waals surface area (Å²) in [6.07, 6.45) is 0. The lowest BCUT2D eigenvalue weighted by atomic mass is 9.93. The summed E-state index contributed by atoms with van der Waals surface area (Å²) in [6.45, 7) is 10.4. The Hall–Kier alpha value is -2.48. The standard InChI is InChI=1S/C21H20FN.C2H6/c1-14(2)21-15(3)19(16-9-11-18(22)12-10-16)13-20(23-21)17-7-5-4-6-8-17;1-2/h4-14H,1-3H3;1-2H3. The quantitative estimate of drug-likeness (QED) is 0.501. The number of benzene rings is 2. The highest BCUT2D eigenvalue weighted by Gasteiger charge is 2.14. The largest absolute Gasteiger partial charge is 0.252 e. The number of halogens is 1. The normalized spacial score (nSPS) is 10.4. The first kappa shape index (κ1) is 18.9. The van der Waals surface area contributed by atoms with Crippen molar-refractivity contribution in [1.82, 2.24) is 4.98 Å². The predicted octanol–water partition coefficient (Wildman–Crippen LogP) is 7.01. The number of aromatic nitrogens is 1. The smallest absolute Gasteiger partial charge is 0.123 e. The number of nitrogens with zero attached hydrogens (tertiary/aromatic N) is 1. The summed E-state index contributed by atoms with van der Waals surface area (Å²) in [6, 6.07) is 18.9. The van der Waals surface area contributed by atoms with E-state index >= 15 is 0 Å². The maximum absolute atomic E-state index is 13.2. The molecule has 0 aliphatic carbocycles. The van der Waals surface area contributed by atoms with Gasteiger partial charge >= 0.3 is 0 Å². The third kappa shape index (κ3) is 4.33. The molecule has 1 heterocycles. The third-order valence-corrected chi connectivity index (χ3v) is 4.08. The van der Waals surface area contributed by atoms with Gasteiger partial charge in [-0.1, -0.05) is 70.2 Å². The third-order valence-electron chi connectivity index (χ3n) is 4.08. The second kappa shape index (κ2) is 8.57. The van der Waals surface area contributed by atoms with Crippen molar-refractivity contribution in [1.29, 1.82) is 0 Å². The number of hydrogen-bond acceptors (Lipinski definition) is 1. The van der Waals surface area contributed by atoms with Crippen molar-refractivity contribution in [2.75, 3.05) is 0 Å². The van der Waals surface area contributed by atoms with E-state index in [0.29, 0.717) is 5.92 Å². The van der Waals surface area contributed by atoms with E-state index < -0.39 is 0 Å². The van der Waals surface area contributed by atoms with Crippen molar-refractivity contribution in [3.63, 3.8) is 0 Å². The Morgan fingerprint density at radius 3 is 2.00 bits per heavy atom. The SMILES string of the molecule is CC.Cc1c(-c2ccc(F)cc2)cc(-c2ccccc2)nc1C(C)C. The summed E-state index contributed by atoms with van der Waals surface area (Å²) >= 11 is 0. The molecule has 2 aromatic carbocycles. The van der Waals surface area contributed by atoms with Gasteiger partial charge in [0.25, 0.3) is 0 Å².